The van der Waals surface area contributed by atoms with Crippen LogP contribution in [0.15, 0.2) is 24.3 Å². The van der Waals surface area contributed by atoms with Gasteiger partial charge >= 0.3 is 39.5 Å². The Balaban J connectivity index is 5.25. The highest BCUT2D eigenvalue weighted by Gasteiger charge is 2.30. The van der Waals surface area contributed by atoms with Crippen LogP contribution in [0.2, 0.25) is 0 Å². The molecule has 0 aliphatic rings. The molecule has 0 amide bonds. The summed E-state index contributed by atoms with van der Waals surface area (Å²) in [6, 6.07) is 0. The summed E-state index contributed by atoms with van der Waals surface area (Å²) in [5, 5.41) is 10.6. The van der Waals surface area contributed by atoms with E-state index in [0.717, 1.165) is 116 Å². The number of aliphatic hydroxyl groups is 1. The van der Waals surface area contributed by atoms with E-state index in [1.807, 2.05) is 0 Å². The van der Waals surface area contributed by atoms with Gasteiger partial charge in [-0.15, -0.1) is 0 Å². The molecule has 0 aliphatic carbocycles. The van der Waals surface area contributed by atoms with Crippen molar-refractivity contribution in [1.82, 2.24) is 0 Å². The lowest BCUT2D eigenvalue weighted by Gasteiger charge is -2.21. The fourth-order valence-electron chi connectivity index (χ4n) is 10.9. The van der Waals surface area contributed by atoms with Gasteiger partial charge < -0.3 is 33.8 Å². The Morgan fingerprint density at radius 1 is 0.330 bits per heavy atom. The van der Waals surface area contributed by atoms with Gasteiger partial charge in [-0.3, -0.25) is 37.3 Å². The van der Waals surface area contributed by atoms with Gasteiger partial charge in [-0.1, -0.05) is 310 Å². The Kier molecular flexibility index (Phi) is 64.7. The van der Waals surface area contributed by atoms with Gasteiger partial charge in [0.25, 0.3) is 0 Å². The Morgan fingerprint density at radius 3 is 0.872 bits per heavy atom. The molecule has 0 aromatic carbocycles. The van der Waals surface area contributed by atoms with E-state index in [1.54, 1.807) is 0 Å². The van der Waals surface area contributed by atoms with Gasteiger partial charge in [-0.25, -0.2) is 9.13 Å². The summed E-state index contributed by atoms with van der Waals surface area (Å²) in [6.45, 7) is 9.39. The van der Waals surface area contributed by atoms with Crippen molar-refractivity contribution in [3.05, 3.63) is 24.3 Å². The minimum Gasteiger partial charge on any atom is -0.462 e. The molecule has 0 saturated carbocycles. The van der Waals surface area contributed by atoms with Crippen molar-refractivity contribution in [3.63, 3.8) is 0 Å². The topological polar surface area (TPSA) is 237 Å². The van der Waals surface area contributed by atoms with Crippen LogP contribution in [0.5, 0.6) is 0 Å². The lowest BCUT2D eigenvalue weighted by molar-refractivity contribution is -0.161. The molecule has 0 fully saturated rings. The highest BCUT2D eigenvalue weighted by atomic mass is 31.2. The molecule has 554 valence electrons. The van der Waals surface area contributed by atoms with Gasteiger partial charge in [0.15, 0.2) is 12.2 Å². The fourth-order valence-corrected chi connectivity index (χ4v) is 12.5. The first kappa shape index (κ1) is 91.5. The number of aliphatic hydroxyl groups excluding tert-OH is 1. The van der Waals surface area contributed by atoms with Crippen molar-refractivity contribution in [3.8, 4) is 0 Å². The van der Waals surface area contributed by atoms with Crippen LogP contribution in [-0.4, -0.2) is 96.7 Å². The largest absolute Gasteiger partial charge is 0.472 e. The number of phosphoric ester groups is 2. The van der Waals surface area contributed by atoms with Crippen LogP contribution in [0.3, 0.4) is 0 Å². The summed E-state index contributed by atoms with van der Waals surface area (Å²) in [7, 11) is -9.92. The maximum absolute atomic E-state index is 13.1. The van der Waals surface area contributed by atoms with Crippen LogP contribution in [-0.2, 0) is 65.4 Å². The van der Waals surface area contributed by atoms with E-state index >= 15 is 0 Å². The molecule has 0 radical (unpaired) electrons. The van der Waals surface area contributed by atoms with Crippen LogP contribution >= 0.6 is 15.6 Å². The third-order valence-corrected chi connectivity index (χ3v) is 18.7. The number of unbranched alkanes of at least 4 members (excludes halogenated alkanes) is 39. The molecule has 0 bridgehead atoms. The Hall–Kier alpha value is -2.46. The minimum atomic E-state index is -4.96. The molecule has 0 saturated heterocycles. The Bertz CT molecular complexity index is 1910. The van der Waals surface area contributed by atoms with Crippen molar-refractivity contribution in [2.24, 2.45) is 11.8 Å². The summed E-state index contributed by atoms with van der Waals surface area (Å²) in [4.78, 5) is 72.7. The van der Waals surface area contributed by atoms with E-state index in [4.69, 9.17) is 37.0 Å². The lowest BCUT2D eigenvalue weighted by atomic mass is 10.0. The first-order valence-electron chi connectivity index (χ1n) is 38.3. The van der Waals surface area contributed by atoms with Crippen LogP contribution in [0, 0.1) is 11.8 Å². The van der Waals surface area contributed by atoms with E-state index in [1.165, 1.54) is 154 Å². The zero-order valence-corrected chi connectivity index (χ0v) is 62.5. The van der Waals surface area contributed by atoms with Crippen LogP contribution < -0.4 is 0 Å². The molecule has 0 spiro atoms. The van der Waals surface area contributed by atoms with E-state index < -0.39 is 97.5 Å². The fraction of sp³-hybridized carbons (Fsp3) is 0.893. The summed E-state index contributed by atoms with van der Waals surface area (Å²) < 4.78 is 68.4. The summed E-state index contributed by atoms with van der Waals surface area (Å²) in [5.41, 5.74) is 0. The number of rotatable bonds is 72. The van der Waals surface area contributed by atoms with Crippen molar-refractivity contribution in [2.75, 3.05) is 39.6 Å². The number of carbonyl (C=O) groups is 4. The second kappa shape index (κ2) is 66.4. The molecule has 5 atom stereocenters. The molecule has 17 nitrogen and oxygen atoms in total. The SMILES string of the molecule is CCCCCC/C=C\C=C/CCCCCCCC(=O)OC[C@H](COP(=O)(O)OC[C@@H](O)COP(=O)(O)OC[C@@H](COC(=O)CCCCCCCCCC(C)C)OC(=O)CCCCCCCCCC(C)C)OC(=O)CCCCCCCCCCCCCCCCCCCCC. The van der Waals surface area contributed by atoms with Gasteiger partial charge in [0, 0.05) is 25.7 Å². The van der Waals surface area contributed by atoms with E-state index in [9.17, 15) is 43.2 Å². The first-order valence-corrected chi connectivity index (χ1v) is 41.3. The van der Waals surface area contributed by atoms with Crippen molar-refractivity contribution >= 4 is 39.5 Å². The molecule has 0 aliphatic heterocycles. The number of hydrogen-bond acceptors (Lipinski definition) is 15. The molecular weight excluding hydrogens is 1230 g/mol. The first-order chi connectivity index (χ1) is 45.4. The quantitative estimate of drug-likeness (QED) is 0.0169. The molecule has 0 aromatic heterocycles. The third kappa shape index (κ3) is 68.1. The monoisotopic (exact) mass is 1380 g/mol. The zero-order valence-electron chi connectivity index (χ0n) is 60.7. The molecule has 94 heavy (non-hydrogen) atoms. The van der Waals surface area contributed by atoms with E-state index in [0.29, 0.717) is 37.5 Å². The van der Waals surface area contributed by atoms with Crippen LogP contribution in [0.4, 0.5) is 0 Å². The highest BCUT2D eigenvalue weighted by Crippen LogP contribution is 2.45. The van der Waals surface area contributed by atoms with Gasteiger partial charge in [0.05, 0.1) is 26.4 Å². The number of ether oxygens (including phenoxy) is 4. The predicted octanol–water partition coefficient (Wildman–Crippen LogP) is 21.5. The summed E-state index contributed by atoms with van der Waals surface area (Å²) in [5.74, 6) is -0.755. The zero-order chi connectivity index (χ0) is 69.3. The molecule has 3 N–H and O–H groups in total. The van der Waals surface area contributed by atoms with E-state index in [2.05, 4.69) is 65.8 Å². The van der Waals surface area contributed by atoms with Gasteiger partial charge in [-0.2, -0.15) is 0 Å². The second-order valence-electron chi connectivity index (χ2n) is 27.3. The maximum atomic E-state index is 13.1. The highest BCUT2D eigenvalue weighted by molar-refractivity contribution is 7.47. The molecule has 0 heterocycles. The van der Waals surface area contributed by atoms with Crippen molar-refractivity contribution in [1.29, 1.82) is 0 Å². The average Bonchev–Trinajstić information content (AvgIpc) is 1.49. The minimum absolute atomic E-state index is 0.100. The molecule has 0 rings (SSSR count). The predicted molar refractivity (Wildman–Crippen MR) is 381 cm³/mol. The third-order valence-electron chi connectivity index (χ3n) is 16.8. The number of hydrogen-bond donors (Lipinski definition) is 3. The smallest absolute Gasteiger partial charge is 0.462 e. The van der Waals surface area contributed by atoms with Gasteiger partial charge in [0.1, 0.15) is 19.3 Å². The summed E-state index contributed by atoms with van der Waals surface area (Å²) in [6.07, 6.45) is 56.6. The standard InChI is InChI=1S/C75H142O17P2/c1-7-9-11-13-15-17-19-21-23-24-25-26-28-30-32-34-40-47-53-59-74(79)91-70(63-85-72(77)57-51-45-39-33-31-29-27-22-20-18-16-14-12-10-8-2)65-89-93(81,82)87-61-69(76)62-88-94(83,84)90-66-71(92-75(80)60-54-48-42-36-38-44-50-56-68(5)6)64-86-73(78)58-52-46-41-35-37-43-49-55-67(3)4/h18,20,22,27,67-71,76H,7-17,19,21,23-26,28-66H2,1-6H3,(H,81,82)(H,83,84)/b20-18-,27-22-/t69-,70-,71-/m1/s1. The Morgan fingerprint density at radius 2 is 0.574 bits per heavy atom. The number of esters is 4. The van der Waals surface area contributed by atoms with Crippen LogP contribution in [0.25, 0.3) is 0 Å². The maximum Gasteiger partial charge on any atom is 0.472 e. The average molecular weight is 1380 g/mol. The molecular formula is C75H142O17P2. The number of carbonyl (C=O) groups excluding carboxylic acids is 4. The summed E-state index contributed by atoms with van der Waals surface area (Å²) >= 11 is 0. The lowest BCUT2D eigenvalue weighted by Crippen LogP contribution is -2.30. The van der Waals surface area contributed by atoms with Crippen molar-refractivity contribution in [2.45, 2.75) is 381 Å². The second-order valence-corrected chi connectivity index (χ2v) is 30.2. The van der Waals surface area contributed by atoms with Gasteiger partial charge in [-0.05, 0) is 63.2 Å². The Labute approximate surface area is 573 Å². The number of phosphoric acid groups is 2. The molecule has 19 heteroatoms. The van der Waals surface area contributed by atoms with E-state index in [-0.39, 0.29) is 25.7 Å². The normalized spacial score (nSPS) is 14.2. The van der Waals surface area contributed by atoms with Crippen molar-refractivity contribution < 1.29 is 80.2 Å². The molecule has 2 unspecified atom stereocenters. The number of allylic oxidation sites excluding steroid dienone is 4. The molecule has 0 aromatic rings. The van der Waals surface area contributed by atoms with Gasteiger partial charge in [0.2, 0.25) is 0 Å². The van der Waals surface area contributed by atoms with Crippen LogP contribution in [0.1, 0.15) is 363 Å².